The SMILES string of the molecule is COc1ccc(CC2CCCCN2)c(F)c1O. The summed E-state index contributed by atoms with van der Waals surface area (Å²) in [5, 5.41) is 13.0. The number of halogens is 1. The van der Waals surface area contributed by atoms with Crippen LogP contribution in [0.1, 0.15) is 24.8 Å². The van der Waals surface area contributed by atoms with Crippen LogP contribution in [0.15, 0.2) is 12.1 Å². The predicted octanol–water partition coefficient (Wildman–Crippen LogP) is 2.22. The summed E-state index contributed by atoms with van der Waals surface area (Å²) in [4.78, 5) is 0. The summed E-state index contributed by atoms with van der Waals surface area (Å²) < 4.78 is 18.7. The van der Waals surface area contributed by atoms with Crippen molar-refractivity contribution in [1.82, 2.24) is 5.32 Å². The van der Waals surface area contributed by atoms with Gasteiger partial charge in [-0.2, -0.15) is 0 Å². The molecular formula is C13H18FNO2. The van der Waals surface area contributed by atoms with Crippen LogP contribution in [0.3, 0.4) is 0 Å². The third-order valence-corrected chi connectivity index (χ3v) is 3.26. The maximum atomic E-state index is 13.8. The highest BCUT2D eigenvalue weighted by molar-refractivity contribution is 5.43. The van der Waals surface area contributed by atoms with Gasteiger partial charge in [0.05, 0.1) is 7.11 Å². The lowest BCUT2D eigenvalue weighted by Crippen LogP contribution is -2.35. The number of aromatic hydroxyl groups is 1. The van der Waals surface area contributed by atoms with Crippen molar-refractivity contribution in [3.8, 4) is 11.5 Å². The first-order valence-corrected chi connectivity index (χ1v) is 6.00. The van der Waals surface area contributed by atoms with Crippen molar-refractivity contribution in [1.29, 1.82) is 0 Å². The molecule has 1 fully saturated rings. The Morgan fingerprint density at radius 2 is 2.29 bits per heavy atom. The zero-order valence-corrected chi connectivity index (χ0v) is 10.0. The Kier molecular flexibility index (Phi) is 3.84. The van der Waals surface area contributed by atoms with Crippen LogP contribution >= 0.6 is 0 Å². The lowest BCUT2D eigenvalue weighted by Gasteiger charge is -2.23. The molecule has 1 saturated heterocycles. The molecule has 1 aliphatic heterocycles. The summed E-state index contributed by atoms with van der Waals surface area (Å²) in [5.74, 6) is -0.764. The summed E-state index contributed by atoms with van der Waals surface area (Å²) in [6, 6.07) is 3.60. The van der Waals surface area contributed by atoms with Crippen molar-refractivity contribution < 1.29 is 14.2 Å². The van der Waals surface area contributed by atoms with Gasteiger partial charge in [-0.15, -0.1) is 0 Å². The molecule has 1 aromatic rings. The first-order valence-electron chi connectivity index (χ1n) is 6.00. The molecule has 2 rings (SSSR count). The zero-order chi connectivity index (χ0) is 12.3. The molecule has 1 aliphatic rings. The fraction of sp³-hybridized carbons (Fsp3) is 0.538. The van der Waals surface area contributed by atoms with Crippen LogP contribution in [0, 0.1) is 5.82 Å². The summed E-state index contributed by atoms with van der Waals surface area (Å²) in [7, 11) is 1.41. The van der Waals surface area contributed by atoms with Crippen molar-refractivity contribution in [2.45, 2.75) is 31.7 Å². The minimum Gasteiger partial charge on any atom is -0.502 e. The van der Waals surface area contributed by atoms with Gasteiger partial charge in [0.25, 0.3) is 0 Å². The normalized spacial score (nSPS) is 20.2. The molecule has 0 radical (unpaired) electrons. The van der Waals surface area contributed by atoms with Gasteiger partial charge < -0.3 is 15.2 Å². The topological polar surface area (TPSA) is 41.5 Å². The first-order chi connectivity index (χ1) is 8.22. The number of methoxy groups -OCH3 is 1. The van der Waals surface area contributed by atoms with Crippen LogP contribution in [0.2, 0.25) is 0 Å². The molecule has 4 heteroatoms. The minimum atomic E-state index is -0.559. The van der Waals surface area contributed by atoms with Crippen molar-refractivity contribution in [3.05, 3.63) is 23.5 Å². The van der Waals surface area contributed by atoms with Gasteiger partial charge in [0.2, 0.25) is 0 Å². The largest absolute Gasteiger partial charge is 0.502 e. The maximum absolute atomic E-state index is 13.8. The Labute approximate surface area is 101 Å². The number of hydrogen-bond donors (Lipinski definition) is 2. The zero-order valence-electron chi connectivity index (χ0n) is 10.0. The Morgan fingerprint density at radius 1 is 1.47 bits per heavy atom. The van der Waals surface area contributed by atoms with Gasteiger partial charge in [0, 0.05) is 6.04 Å². The fourth-order valence-electron chi connectivity index (χ4n) is 2.27. The van der Waals surface area contributed by atoms with Crippen LogP contribution in [0.5, 0.6) is 11.5 Å². The molecule has 3 nitrogen and oxygen atoms in total. The number of rotatable bonds is 3. The second-order valence-electron chi connectivity index (χ2n) is 4.44. The summed E-state index contributed by atoms with van der Waals surface area (Å²) in [6.07, 6.45) is 4.05. The van der Waals surface area contributed by atoms with E-state index in [1.807, 2.05) is 0 Å². The molecule has 2 N–H and O–H groups in total. The maximum Gasteiger partial charge on any atom is 0.194 e. The van der Waals surface area contributed by atoms with E-state index in [4.69, 9.17) is 4.74 Å². The standard InChI is InChI=1S/C13H18FNO2/c1-17-11-6-5-9(12(14)13(11)16)8-10-4-2-3-7-15-10/h5-6,10,15-16H,2-4,7-8H2,1H3. The van der Waals surface area contributed by atoms with Crippen LogP contribution in [0.25, 0.3) is 0 Å². The molecule has 0 aromatic heterocycles. The number of nitrogens with one attached hydrogen (secondary N) is 1. The van der Waals surface area contributed by atoms with Crippen molar-refractivity contribution in [2.24, 2.45) is 0 Å². The number of piperidine rings is 1. The van der Waals surface area contributed by atoms with Crippen LogP contribution in [-0.2, 0) is 6.42 Å². The third-order valence-electron chi connectivity index (χ3n) is 3.26. The van der Waals surface area contributed by atoms with Crippen molar-refractivity contribution in [3.63, 3.8) is 0 Å². The molecule has 17 heavy (non-hydrogen) atoms. The Hall–Kier alpha value is -1.29. The first kappa shape index (κ1) is 12.2. The average molecular weight is 239 g/mol. The smallest absolute Gasteiger partial charge is 0.194 e. The van der Waals surface area contributed by atoms with Gasteiger partial charge in [0.15, 0.2) is 17.3 Å². The summed E-state index contributed by atoms with van der Waals surface area (Å²) in [5.41, 5.74) is 0.544. The van der Waals surface area contributed by atoms with Crippen molar-refractivity contribution >= 4 is 0 Å². The number of phenolic OH excluding ortho intramolecular Hbond substituents is 1. The van der Waals surface area contributed by atoms with Gasteiger partial charge in [-0.25, -0.2) is 4.39 Å². The van der Waals surface area contributed by atoms with E-state index in [9.17, 15) is 9.50 Å². The molecule has 1 heterocycles. The van der Waals surface area contributed by atoms with E-state index >= 15 is 0 Å². The van der Waals surface area contributed by atoms with Crippen LogP contribution in [0.4, 0.5) is 4.39 Å². The number of hydrogen-bond acceptors (Lipinski definition) is 3. The van der Waals surface area contributed by atoms with Gasteiger partial charge in [-0.1, -0.05) is 12.5 Å². The number of phenols is 1. The molecule has 1 aromatic carbocycles. The van der Waals surface area contributed by atoms with E-state index in [0.29, 0.717) is 18.0 Å². The quantitative estimate of drug-likeness (QED) is 0.850. The highest BCUT2D eigenvalue weighted by Gasteiger charge is 2.18. The average Bonchev–Trinajstić information content (AvgIpc) is 2.37. The van der Waals surface area contributed by atoms with E-state index in [1.165, 1.54) is 20.0 Å². The molecular weight excluding hydrogens is 221 g/mol. The predicted molar refractivity (Wildman–Crippen MR) is 64.0 cm³/mol. The van der Waals surface area contributed by atoms with Gasteiger partial charge in [0.1, 0.15) is 0 Å². The van der Waals surface area contributed by atoms with E-state index in [-0.39, 0.29) is 11.5 Å². The molecule has 0 amide bonds. The second-order valence-corrected chi connectivity index (χ2v) is 4.44. The molecule has 0 saturated carbocycles. The summed E-state index contributed by atoms with van der Waals surface area (Å²) in [6.45, 7) is 0.994. The highest BCUT2D eigenvalue weighted by Crippen LogP contribution is 2.31. The molecule has 0 bridgehead atoms. The third kappa shape index (κ3) is 2.69. The lowest BCUT2D eigenvalue weighted by atomic mass is 9.97. The van der Waals surface area contributed by atoms with Gasteiger partial charge in [-0.3, -0.25) is 0 Å². The van der Waals surface area contributed by atoms with Crippen LogP contribution < -0.4 is 10.1 Å². The highest BCUT2D eigenvalue weighted by atomic mass is 19.1. The molecule has 1 unspecified atom stereocenters. The van der Waals surface area contributed by atoms with Crippen LogP contribution in [-0.4, -0.2) is 24.8 Å². The Morgan fingerprint density at radius 3 is 2.94 bits per heavy atom. The van der Waals surface area contributed by atoms with E-state index in [0.717, 1.165) is 13.0 Å². The minimum absolute atomic E-state index is 0.183. The molecule has 1 atom stereocenters. The molecule has 94 valence electrons. The summed E-state index contributed by atoms with van der Waals surface area (Å²) >= 11 is 0. The van der Waals surface area contributed by atoms with Gasteiger partial charge >= 0.3 is 0 Å². The number of benzene rings is 1. The van der Waals surface area contributed by atoms with Crippen molar-refractivity contribution in [2.75, 3.05) is 13.7 Å². The van der Waals surface area contributed by atoms with E-state index in [1.54, 1.807) is 12.1 Å². The lowest BCUT2D eigenvalue weighted by molar-refractivity contribution is 0.351. The van der Waals surface area contributed by atoms with E-state index in [2.05, 4.69) is 5.32 Å². The Balaban J connectivity index is 2.12. The molecule has 0 aliphatic carbocycles. The van der Waals surface area contributed by atoms with E-state index < -0.39 is 5.82 Å². The molecule has 0 spiro atoms. The Bertz CT molecular complexity index is 389. The second kappa shape index (κ2) is 5.36. The monoisotopic (exact) mass is 239 g/mol. The van der Waals surface area contributed by atoms with Gasteiger partial charge in [-0.05, 0) is 37.4 Å². The number of ether oxygens (including phenoxy) is 1. The fourth-order valence-corrected chi connectivity index (χ4v) is 2.27.